The molecular weight excluding hydrogens is 447 g/mol. The molecule has 4 N–H and O–H groups in total. The molecule has 26 heavy (non-hydrogen) atoms. The van der Waals surface area contributed by atoms with Gasteiger partial charge < -0.3 is 25.8 Å². The molecule has 8 heteroatoms. The van der Waals surface area contributed by atoms with E-state index in [1.165, 1.54) is 12.8 Å². The summed E-state index contributed by atoms with van der Waals surface area (Å²) in [5.41, 5.74) is 6.68. The normalized spacial score (nSPS) is 17.2. The van der Waals surface area contributed by atoms with Crippen LogP contribution in [0, 0.1) is 0 Å². The van der Waals surface area contributed by atoms with Crippen molar-refractivity contribution in [1.29, 1.82) is 0 Å². The van der Waals surface area contributed by atoms with E-state index in [4.69, 9.17) is 15.2 Å². The van der Waals surface area contributed by atoms with Crippen molar-refractivity contribution in [2.45, 2.75) is 44.6 Å². The van der Waals surface area contributed by atoms with Crippen molar-refractivity contribution in [2.75, 3.05) is 25.1 Å². The van der Waals surface area contributed by atoms with E-state index >= 15 is 0 Å². The first kappa shape index (κ1) is 20.6. The number of anilines is 1. The van der Waals surface area contributed by atoms with E-state index in [9.17, 15) is 4.79 Å². The maximum Gasteiger partial charge on any atom is 0.222 e. The number of guanidine groups is 1. The summed E-state index contributed by atoms with van der Waals surface area (Å²) >= 11 is 0. The highest BCUT2D eigenvalue weighted by Crippen LogP contribution is 2.32. The Kier molecular flexibility index (Phi) is 8.27. The topological polar surface area (TPSA) is 98.0 Å². The van der Waals surface area contributed by atoms with Crippen LogP contribution in [0.1, 0.15) is 38.5 Å². The standard InChI is InChI=1S/C18H26N4O3.HI/c19-18(20-9-8-17(23)21-13-4-1-2-5-13)22-14-6-7-15-16(12-14)25-11-3-10-24-15;/h6-7,12-13H,1-5,8-11H2,(H,21,23)(H3,19,20,22);1H. The predicted molar refractivity (Wildman–Crippen MR) is 113 cm³/mol. The van der Waals surface area contributed by atoms with E-state index in [0.717, 1.165) is 30.7 Å². The number of carbonyl (C=O) groups is 1. The van der Waals surface area contributed by atoms with Crippen LogP contribution in [-0.4, -0.2) is 37.7 Å². The largest absolute Gasteiger partial charge is 0.490 e. The number of amides is 1. The van der Waals surface area contributed by atoms with Gasteiger partial charge in [0.05, 0.1) is 19.8 Å². The van der Waals surface area contributed by atoms with E-state index in [2.05, 4.69) is 15.6 Å². The summed E-state index contributed by atoms with van der Waals surface area (Å²) in [6.45, 7) is 1.66. The third-order valence-corrected chi connectivity index (χ3v) is 4.36. The molecule has 0 atom stereocenters. The molecule has 1 aliphatic carbocycles. The number of fused-ring (bicyclic) bond motifs is 1. The molecule has 1 fully saturated rings. The summed E-state index contributed by atoms with van der Waals surface area (Å²) in [6, 6.07) is 5.90. The molecule has 0 radical (unpaired) electrons. The fraction of sp³-hybridized carbons (Fsp3) is 0.556. The predicted octanol–water partition coefficient (Wildman–Crippen LogP) is 2.64. The number of hydrogen-bond donors (Lipinski definition) is 3. The minimum absolute atomic E-state index is 0. The Morgan fingerprint density at radius 3 is 2.65 bits per heavy atom. The zero-order chi connectivity index (χ0) is 17.5. The van der Waals surface area contributed by atoms with Crippen LogP contribution >= 0.6 is 24.0 Å². The summed E-state index contributed by atoms with van der Waals surface area (Å²) in [6.07, 6.45) is 5.79. The number of carbonyl (C=O) groups excluding carboxylic acids is 1. The summed E-state index contributed by atoms with van der Waals surface area (Å²) in [7, 11) is 0. The maximum absolute atomic E-state index is 11.9. The Morgan fingerprint density at radius 2 is 1.88 bits per heavy atom. The molecule has 0 aromatic heterocycles. The SMILES string of the molecule is I.NC(=NCCC(=O)NC1CCCC1)Nc1ccc2c(c1)OCCCO2. The molecule has 1 amide bonds. The van der Waals surface area contributed by atoms with Crippen LogP contribution in [-0.2, 0) is 4.79 Å². The van der Waals surface area contributed by atoms with Gasteiger partial charge in [0.1, 0.15) is 0 Å². The van der Waals surface area contributed by atoms with Gasteiger partial charge >= 0.3 is 0 Å². The first-order valence-electron chi connectivity index (χ1n) is 8.96. The third kappa shape index (κ3) is 6.22. The Hall–Kier alpha value is -1.71. The first-order valence-corrected chi connectivity index (χ1v) is 8.96. The molecule has 1 saturated carbocycles. The number of hydrogen-bond acceptors (Lipinski definition) is 4. The lowest BCUT2D eigenvalue weighted by atomic mass is 10.2. The number of nitrogens with zero attached hydrogens (tertiary/aromatic N) is 1. The van der Waals surface area contributed by atoms with Crippen LogP contribution in [0.3, 0.4) is 0 Å². The molecule has 3 rings (SSSR count). The molecule has 0 unspecified atom stereocenters. The second kappa shape index (κ2) is 10.4. The van der Waals surface area contributed by atoms with Gasteiger partial charge in [-0.15, -0.1) is 24.0 Å². The van der Waals surface area contributed by atoms with Crippen LogP contribution in [0.5, 0.6) is 11.5 Å². The van der Waals surface area contributed by atoms with Gasteiger partial charge in [-0.1, -0.05) is 12.8 Å². The molecule has 7 nitrogen and oxygen atoms in total. The molecule has 144 valence electrons. The molecule has 1 aromatic carbocycles. The Labute approximate surface area is 171 Å². The number of nitrogens with one attached hydrogen (secondary N) is 2. The van der Waals surface area contributed by atoms with E-state index in [1.807, 2.05) is 18.2 Å². The minimum Gasteiger partial charge on any atom is -0.490 e. The third-order valence-electron chi connectivity index (χ3n) is 4.36. The minimum atomic E-state index is 0. The molecule has 1 aromatic rings. The van der Waals surface area contributed by atoms with E-state index in [-0.39, 0.29) is 35.8 Å². The average molecular weight is 474 g/mol. The Morgan fingerprint density at radius 1 is 1.15 bits per heavy atom. The molecule has 1 aliphatic heterocycles. The smallest absolute Gasteiger partial charge is 0.222 e. The quantitative estimate of drug-likeness (QED) is 0.347. The number of halogens is 1. The number of ether oxygens (including phenoxy) is 2. The van der Waals surface area contributed by atoms with Crippen molar-refractivity contribution in [2.24, 2.45) is 10.7 Å². The average Bonchev–Trinajstić information content (AvgIpc) is 2.98. The van der Waals surface area contributed by atoms with Gasteiger partial charge in [-0.25, -0.2) is 0 Å². The van der Waals surface area contributed by atoms with Gasteiger partial charge in [-0.3, -0.25) is 9.79 Å². The highest BCUT2D eigenvalue weighted by Gasteiger charge is 2.16. The fourth-order valence-electron chi connectivity index (χ4n) is 3.08. The fourth-order valence-corrected chi connectivity index (χ4v) is 3.08. The number of rotatable bonds is 5. The number of aliphatic imine (C=N–C) groups is 1. The Balaban J connectivity index is 0.00000243. The molecule has 0 bridgehead atoms. The summed E-state index contributed by atoms with van der Waals surface area (Å²) in [5, 5.41) is 6.06. The van der Waals surface area contributed by atoms with Gasteiger partial charge in [0.15, 0.2) is 17.5 Å². The van der Waals surface area contributed by atoms with Crippen LogP contribution in [0.4, 0.5) is 5.69 Å². The summed E-state index contributed by atoms with van der Waals surface area (Å²) < 4.78 is 11.2. The molecule has 0 spiro atoms. The zero-order valence-corrected chi connectivity index (χ0v) is 17.2. The van der Waals surface area contributed by atoms with Crippen LogP contribution in [0.25, 0.3) is 0 Å². The van der Waals surface area contributed by atoms with Crippen molar-refractivity contribution >= 4 is 41.5 Å². The van der Waals surface area contributed by atoms with Gasteiger partial charge in [0, 0.05) is 30.6 Å². The monoisotopic (exact) mass is 474 g/mol. The van der Waals surface area contributed by atoms with Crippen molar-refractivity contribution in [3.63, 3.8) is 0 Å². The van der Waals surface area contributed by atoms with E-state index in [1.54, 1.807) is 0 Å². The molecule has 1 heterocycles. The molecular formula is C18H27IN4O3. The van der Waals surface area contributed by atoms with Gasteiger partial charge in [-0.2, -0.15) is 0 Å². The van der Waals surface area contributed by atoms with E-state index in [0.29, 0.717) is 38.0 Å². The van der Waals surface area contributed by atoms with Crippen molar-refractivity contribution in [1.82, 2.24) is 5.32 Å². The Bertz CT molecular complexity index is 633. The number of nitrogens with two attached hydrogens (primary N) is 1. The van der Waals surface area contributed by atoms with Crippen molar-refractivity contribution < 1.29 is 14.3 Å². The second-order valence-corrected chi connectivity index (χ2v) is 6.40. The van der Waals surface area contributed by atoms with Gasteiger partial charge in [-0.05, 0) is 25.0 Å². The van der Waals surface area contributed by atoms with Gasteiger partial charge in [0.25, 0.3) is 0 Å². The van der Waals surface area contributed by atoms with Crippen molar-refractivity contribution in [3.05, 3.63) is 18.2 Å². The lowest BCUT2D eigenvalue weighted by Crippen LogP contribution is -2.33. The maximum atomic E-state index is 11.9. The van der Waals surface area contributed by atoms with Gasteiger partial charge in [0.2, 0.25) is 5.91 Å². The van der Waals surface area contributed by atoms with Crippen LogP contribution in [0.15, 0.2) is 23.2 Å². The molecule has 2 aliphatic rings. The van der Waals surface area contributed by atoms with Crippen molar-refractivity contribution in [3.8, 4) is 11.5 Å². The molecule has 0 saturated heterocycles. The first-order chi connectivity index (χ1) is 12.2. The van der Waals surface area contributed by atoms with Crippen LogP contribution in [0.2, 0.25) is 0 Å². The van der Waals surface area contributed by atoms with E-state index < -0.39 is 0 Å². The van der Waals surface area contributed by atoms with Crippen LogP contribution < -0.4 is 25.8 Å². The zero-order valence-electron chi connectivity index (χ0n) is 14.8. The highest BCUT2D eigenvalue weighted by atomic mass is 127. The lowest BCUT2D eigenvalue weighted by Gasteiger charge is -2.12. The summed E-state index contributed by atoms with van der Waals surface area (Å²) in [5.74, 6) is 1.76. The summed E-state index contributed by atoms with van der Waals surface area (Å²) in [4.78, 5) is 16.1. The number of benzene rings is 1. The lowest BCUT2D eigenvalue weighted by molar-refractivity contribution is -0.121. The highest BCUT2D eigenvalue weighted by molar-refractivity contribution is 14.0. The second-order valence-electron chi connectivity index (χ2n) is 6.40.